The third kappa shape index (κ3) is 4.83. The smallest absolute Gasteiger partial charge is 0.271 e. The molecule has 0 aliphatic carbocycles. The summed E-state index contributed by atoms with van der Waals surface area (Å²) in [6, 6.07) is 16.6. The number of aromatic nitrogens is 3. The second-order valence-electron chi connectivity index (χ2n) is 5.81. The standard InChI is InChI=1S/C19H17N5O3S/c1-12-7-5-6-10-14(12)11-20-22-16(25)15(13-8-3-2-4-9-13)28-18-17(26)21-19(27)24-23-18/h2-11,15H,1H3,(H,22,25)(H2,21,24,26,27)/b20-11-. The van der Waals surface area contributed by atoms with E-state index in [0.717, 1.165) is 22.9 Å². The molecule has 0 bridgehead atoms. The molecule has 28 heavy (non-hydrogen) atoms. The quantitative estimate of drug-likeness (QED) is 0.334. The fraction of sp³-hybridized carbons (Fsp3) is 0.105. The number of hydrazone groups is 1. The topological polar surface area (TPSA) is 120 Å². The lowest BCUT2D eigenvalue weighted by Crippen LogP contribution is -2.28. The first kappa shape index (κ1) is 19.3. The van der Waals surface area contributed by atoms with Crippen molar-refractivity contribution in [2.24, 2.45) is 5.10 Å². The average molecular weight is 395 g/mol. The van der Waals surface area contributed by atoms with Crippen LogP contribution in [0.2, 0.25) is 0 Å². The van der Waals surface area contributed by atoms with Gasteiger partial charge in [-0.25, -0.2) is 15.3 Å². The van der Waals surface area contributed by atoms with Crippen LogP contribution in [0.5, 0.6) is 0 Å². The van der Waals surface area contributed by atoms with Gasteiger partial charge >= 0.3 is 5.69 Å². The van der Waals surface area contributed by atoms with Crippen LogP contribution in [0, 0.1) is 6.92 Å². The molecule has 0 saturated heterocycles. The highest BCUT2D eigenvalue weighted by atomic mass is 32.2. The zero-order chi connectivity index (χ0) is 19.9. The largest absolute Gasteiger partial charge is 0.342 e. The van der Waals surface area contributed by atoms with Gasteiger partial charge in [-0.05, 0) is 23.6 Å². The second kappa shape index (κ2) is 8.96. The van der Waals surface area contributed by atoms with Crippen LogP contribution in [0.3, 0.4) is 0 Å². The van der Waals surface area contributed by atoms with E-state index in [1.807, 2.05) is 37.3 Å². The van der Waals surface area contributed by atoms with Gasteiger partial charge in [0, 0.05) is 0 Å². The highest BCUT2D eigenvalue weighted by Crippen LogP contribution is 2.32. The number of benzene rings is 2. The molecule has 0 radical (unpaired) electrons. The van der Waals surface area contributed by atoms with Crippen molar-refractivity contribution < 1.29 is 4.79 Å². The van der Waals surface area contributed by atoms with Crippen molar-refractivity contribution in [1.82, 2.24) is 20.6 Å². The van der Waals surface area contributed by atoms with E-state index in [-0.39, 0.29) is 5.03 Å². The lowest BCUT2D eigenvalue weighted by Gasteiger charge is -2.14. The highest BCUT2D eigenvalue weighted by molar-refractivity contribution is 8.00. The molecule has 142 valence electrons. The molecule has 1 heterocycles. The molecule has 0 spiro atoms. The Hall–Kier alpha value is -3.46. The van der Waals surface area contributed by atoms with E-state index >= 15 is 0 Å². The molecule has 0 aliphatic rings. The first-order chi connectivity index (χ1) is 13.5. The van der Waals surface area contributed by atoms with Gasteiger partial charge in [0.25, 0.3) is 11.5 Å². The number of amides is 1. The van der Waals surface area contributed by atoms with Crippen LogP contribution in [0.4, 0.5) is 0 Å². The van der Waals surface area contributed by atoms with Gasteiger partial charge in [-0.2, -0.15) is 10.2 Å². The lowest BCUT2D eigenvalue weighted by molar-refractivity contribution is -0.120. The summed E-state index contributed by atoms with van der Waals surface area (Å²) in [5.41, 5.74) is 3.71. The van der Waals surface area contributed by atoms with E-state index < -0.39 is 22.4 Å². The first-order valence-corrected chi connectivity index (χ1v) is 9.21. The van der Waals surface area contributed by atoms with Crippen LogP contribution in [0.15, 0.2) is 74.3 Å². The number of hydrogen-bond donors (Lipinski definition) is 3. The maximum Gasteiger partial charge on any atom is 0.342 e. The summed E-state index contributed by atoms with van der Waals surface area (Å²) in [7, 11) is 0. The molecule has 3 N–H and O–H groups in total. The summed E-state index contributed by atoms with van der Waals surface area (Å²) < 4.78 is 0. The first-order valence-electron chi connectivity index (χ1n) is 8.34. The minimum Gasteiger partial charge on any atom is -0.271 e. The fourth-order valence-corrected chi connectivity index (χ4v) is 3.32. The van der Waals surface area contributed by atoms with Crippen LogP contribution >= 0.6 is 11.8 Å². The van der Waals surface area contributed by atoms with Crippen LogP contribution in [0.1, 0.15) is 21.9 Å². The van der Waals surface area contributed by atoms with E-state index in [2.05, 4.69) is 25.7 Å². The van der Waals surface area contributed by atoms with E-state index in [1.54, 1.807) is 30.5 Å². The minimum atomic E-state index is -0.783. The van der Waals surface area contributed by atoms with Crippen molar-refractivity contribution in [2.75, 3.05) is 0 Å². The Kier molecular flexibility index (Phi) is 6.18. The van der Waals surface area contributed by atoms with Crippen molar-refractivity contribution >= 4 is 23.9 Å². The van der Waals surface area contributed by atoms with E-state index in [4.69, 9.17) is 0 Å². The van der Waals surface area contributed by atoms with Crippen molar-refractivity contribution in [2.45, 2.75) is 17.2 Å². The number of aryl methyl sites for hydroxylation is 1. The molecule has 2 aromatic carbocycles. The van der Waals surface area contributed by atoms with Gasteiger partial charge in [-0.3, -0.25) is 14.6 Å². The van der Waals surface area contributed by atoms with Gasteiger partial charge in [-0.15, -0.1) is 0 Å². The molecular weight excluding hydrogens is 378 g/mol. The van der Waals surface area contributed by atoms with Crippen LogP contribution in [-0.4, -0.2) is 27.3 Å². The molecular formula is C19H17N5O3S. The Morgan fingerprint density at radius 1 is 1.14 bits per heavy atom. The Labute approximate surface area is 164 Å². The number of H-pyrrole nitrogens is 2. The summed E-state index contributed by atoms with van der Waals surface area (Å²) in [6.07, 6.45) is 1.56. The number of nitrogens with zero attached hydrogens (tertiary/aromatic N) is 2. The maximum absolute atomic E-state index is 12.7. The van der Waals surface area contributed by atoms with Crippen molar-refractivity contribution in [3.63, 3.8) is 0 Å². The third-order valence-corrected chi connectivity index (χ3v) is 5.04. The molecule has 9 heteroatoms. The fourth-order valence-electron chi connectivity index (χ4n) is 2.38. The number of carbonyl (C=O) groups is 1. The molecule has 1 atom stereocenters. The molecule has 1 aromatic heterocycles. The molecule has 3 aromatic rings. The van der Waals surface area contributed by atoms with E-state index in [9.17, 15) is 14.4 Å². The van der Waals surface area contributed by atoms with Gasteiger partial charge in [-0.1, -0.05) is 66.4 Å². The van der Waals surface area contributed by atoms with Gasteiger partial charge in [0.15, 0.2) is 5.03 Å². The number of thioether (sulfide) groups is 1. The Morgan fingerprint density at radius 2 is 1.86 bits per heavy atom. The molecule has 0 fully saturated rings. The molecule has 1 unspecified atom stereocenters. The van der Waals surface area contributed by atoms with Crippen molar-refractivity contribution in [1.29, 1.82) is 0 Å². The summed E-state index contributed by atoms with van der Waals surface area (Å²) in [4.78, 5) is 37.9. The maximum atomic E-state index is 12.7. The average Bonchev–Trinajstić information content (AvgIpc) is 2.69. The molecule has 8 nitrogen and oxygen atoms in total. The van der Waals surface area contributed by atoms with Crippen molar-refractivity contribution in [3.05, 3.63) is 92.1 Å². The van der Waals surface area contributed by atoms with Gasteiger partial charge in [0.1, 0.15) is 5.25 Å². The lowest BCUT2D eigenvalue weighted by atomic mass is 10.1. The SMILES string of the molecule is Cc1ccccc1/C=N\NC(=O)C(Sc1n[nH]c(=O)[nH]c1=O)c1ccccc1. The Balaban J connectivity index is 1.82. The van der Waals surface area contributed by atoms with Crippen LogP contribution in [0.25, 0.3) is 0 Å². The number of nitrogens with one attached hydrogen (secondary N) is 3. The minimum absolute atomic E-state index is 0.0218. The zero-order valence-electron chi connectivity index (χ0n) is 14.9. The predicted molar refractivity (Wildman–Crippen MR) is 107 cm³/mol. The van der Waals surface area contributed by atoms with Gasteiger partial charge in [0.05, 0.1) is 6.21 Å². The normalized spacial score (nSPS) is 12.0. The third-order valence-electron chi connectivity index (χ3n) is 3.82. The molecule has 3 rings (SSSR count). The summed E-state index contributed by atoms with van der Waals surface area (Å²) in [5.74, 6) is -0.423. The van der Waals surface area contributed by atoms with E-state index in [0.29, 0.717) is 5.56 Å². The summed E-state index contributed by atoms with van der Waals surface area (Å²) >= 11 is 0.924. The van der Waals surface area contributed by atoms with Gasteiger partial charge in [0.2, 0.25) is 0 Å². The summed E-state index contributed by atoms with van der Waals surface area (Å²) in [5, 5.41) is 9.11. The van der Waals surface area contributed by atoms with Crippen LogP contribution in [-0.2, 0) is 4.79 Å². The zero-order valence-corrected chi connectivity index (χ0v) is 15.7. The van der Waals surface area contributed by atoms with Gasteiger partial charge < -0.3 is 0 Å². The molecule has 1 amide bonds. The van der Waals surface area contributed by atoms with Crippen LogP contribution < -0.4 is 16.7 Å². The number of hydrogen-bond acceptors (Lipinski definition) is 6. The number of aromatic amines is 2. The molecule has 0 aliphatic heterocycles. The second-order valence-corrected chi connectivity index (χ2v) is 6.91. The monoisotopic (exact) mass is 395 g/mol. The Morgan fingerprint density at radius 3 is 2.57 bits per heavy atom. The van der Waals surface area contributed by atoms with Crippen molar-refractivity contribution in [3.8, 4) is 0 Å². The number of rotatable bonds is 6. The highest BCUT2D eigenvalue weighted by Gasteiger charge is 2.24. The van der Waals surface area contributed by atoms with E-state index in [1.165, 1.54) is 0 Å². The summed E-state index contributed by atoms with van der Waals surface area (Å²) in [6.45, 7) is 1.94. The Bertz CT molecular complexity index is 1110. The number of carbonyl (C=O) groups excluding carboxylic acids is 1. The predicted octanol–water partition coefficient (Wildman–Crippen LogP) is 1.75. The molecule has 0 saturated carbocycles.